The lowest BCUT2D eigenvalue weighted by Gasteiger charge is -1.98. The number of allylic oxidation sites excluding steroid dienone is 4. The first-order chi connectivity index (χ1) is 10.8. The largest absolute Gasteiger partial charge is 0.727 e. The number of hydrogen-bond donors (Lipinski definition) is 2. The Morgan fingerprint density at radius 1 is 0.818 bits per heavy atom. The van der Waals surface area contributed by atoms with Crippen molar-refractivity contribution < 1.29 is 20.4 Å². The van der Waals surface area contributed by atoms with Crippen LogP contribution >= 0.6 is 0 Å². The van der Waals surface area contributed by atoms with Crippen molar-refractivity contribution in [3.63, 3.8) is 0 Å². The second kappa shape index (κ2) is 22.2. The second-order valence-corrected chi connectivity index (χ2v) is 5.37. The summed E-state index contributed by atoms with van der Waals surface area (Å²) >= 11 is 0. The predicted octanol–water partition coefficient (Wildman–Crippen LogP) is 4.70. The maximum Gasteiger partial charge on any atom is 0.303 e. The topological polar surface area (TPSA) is 80.6 Å². The van der Waals surface area contributed by atoms with E-state index in [2.05, 4.69) is 31.2 Å². The number of unbranched alkanes of at least 4 members (excludes halogenated alkanes) is 8. The minimum atomic E-state index is -0.671. The Balaban J connectivity index is 0. The molecular formula is C18H33O4-. The summed E-state index contributed by atoms with van der Waals surface area (Å²) in [5.41, 5.74) is 0. The SMILES string of the molecule is CCCCCC=CCC=CCCCCCCCC(=O)O.[O-]O. The quantitative estimate of drug-likeness (QED) is 0.211. The second-order valence-electron chi connectivity index (χ2n) is 5.37. The molecule has 4 nitrogen and oxygen atoms in total. The molecular weight excluding hydrogens is 280 g/mol. The van der Waals surface area contributed by atoms with Crippen LogP contribution in [0.25, 0.3) is 0 Å². The molecule has 0 amide bonds. The monoisotopic (exact) mass is 313 g/mol. The molecule has 0 aliphatic carbocycles. The molecule has 0 atom stereocenters. The molecule has 0 rings (SSSR count). The van der Waals surface area contributed by atoms with Gasteiger partial charge in [-0.15, -0.1) is 0 Å². The Bertz CT molecular complexity index is 272. The number of carbonyl (C=O) groups is 1. The predicted molar refractivity (Wildman–Crippen MR) is 89.6 cm³/mol. The van der Waals surface area contributed by atoms with Crippen molar-refractivity contribution in [1.82, 2.24) is 0 Å². The van der Waals surface area contributed by atoms with Crippen LogP contribution in [0.1, 0.15) is 84.0 Å². The third-order valence-electron chi connectivity index (χ3n) is 3.34. The van der Waals surface area contributed by atoms with Crippen LogP contribution in [0.5, 0.6) is 0 Å². The molecule has 0 unspecified atom stereocenters. The fraction of sp³-hybridized carbons (Fsp3) is 0.722. The summed E-state index contributed by atoms with van der Waals surface area (Å²) in [5.74, 6) is -0.671. The van der Waals surface area contributed by atoms with Gasteiger partial charge >= 0.3 is 5.97 Å². The van der Waals surface area contributed by atoms with Crippen LogP contribution in [-0.4, -0.2) is 16.3 Å². The van der Waals surface area contributed by atoms with Crippen LogP contribution in [0.3, 0.4) is 0 Å². The van der Waals surface area contributed by atoms with Crippen LogP contribution in [-0.2, 0) is 4.79 Å². The van der Waals surface area contributed by atoms with Gasteiger partial charge in [0.2, 0.25) is 0 Å². The fourth-order valence-corrected chi connectivity index (χ4v) is 2.09. The summed E-state index contributed by atoms with van der Waals surface area (Å²) < 4.78 is 0. The summed E-state index contributed by atoms with van der Waals surface area (Å²) in [6.45, 7) is 2.23. The van der Waals surface area contributed by atoms with Gasteiger partial charge in [0.05, 0.1) is 0 Å². The van der Waals surface area contributed by atoms with Crippen molar-refractivity contribution >= 4 is 5.97 Å². The lowest BCUT2D eigenvalue weighted by Crippen LogP contribution is -1.93. The molecule has 0 bridgehead atoms. The van der Waals surface area contributed by atoms with Gasteiger partial charge in [0.15, 0.2) is 0 Å². The van der Waals surface area contributed by atoms with Gasteiger partial charge in [-0.25, -0.2) is 0 Å². The lowest BCUT2D eigenvalue weighted by molar-refractivity contribution is -0.670. The maximum absolute atomic E-state index is 10.3. The first-order valence-electron chi connectivity index (χ1n) is 8.47. The van der Waals surface area contributed by atoms with E-state index in [4.69, 9.17) is 15.6 Å². The summed E-state index contributed by atoms with van der Waals surface area (Å²) in [4.78, 5) is 10.3. The van der Waals surface area contributed by atoms with Crippen LogP contribution in [0.15, 0.2) is 24.3 Å². The van der Waals surface area contributed by atoms with E-state index in [1.807, 2.05) is 0 Å². The molecule has 0 heterocycles. The van der Waals surface area contributed by atoms with Crippen molar-refractivity contribution in [3.8, 4) is 0 Å². The highest BCUT2D eigenvalue weighted by atomic mass is 17.0. The third-order valence-corrected chi connectivity index (χ3v) is 3.34. The molecule has 0 aliphatic heterocycles. The van der Waals surface area contributed by atoms with Crippen LogP contribution in [0.2, 0.25) is 0 Å². The molecule has 0 fully saturated rings. The fourth-order valence-electron chi connectivity index (χ4n) is 2.09. The zero-order valence-electron chi connectivity index (χ0n) is 14.0. The van der Waals surface area contributed by atoms with E-state index in [1.54, 1.807) is 0 Å². The number of hydrogen-bond acceptors (Lipinski definition) is 3. The Labute approximate surface area is 135 Å². The molecule has 0 saturated carbocycles. The number of carboxylic acids is 1. The zero-order chi connectivity index (χ0) is 16.9. The molecule has 0 aliphatic rings. The van der Waals surface area contributed by atoms with Crippen molar-refractivity contribution in [2.24, 2.45) is 0 Å². The summed E-state index contributed by atoms with van der Waals surface area (Å²) in [7, 11) is 0. The van der Waals surface area contributed by atoms with Crippen molar-refractivity contribution in [3.05, 3.63) is 24.3 Å². The minimum Gasteiger partial charge on any atom is -0.727 e. The smallest absolute Gasteiger partial charge is 0.303 e. The van der Waals surface area contributed by atoms with E-state index in [1.165, 1.54) is 44.9 Å². The van der Waals surface area contributed by atoms with Crippen LogP contribution in [0, 0.1) is 0 Å². The normalized spacial score (nSPS) is 10.9. The van der Waals surface area contributed by atoms with Gasteiger partial charge in [-0.05, 0) is 38.5 Å². The Morgan fingerprint density at radius 2 is 1.32 bits per heavy atom. The maximum atomic E-state index is 10.3. The molecule has 2 N–H and O–H groups in total. The molecule has 130 valence electrons. The Morgan fingerprint density at radius 3 is 1.86 bits per heavy atom. The number of aliphatic carboxylic acids is 1. The van der Waals surface area contributed by atoms with Crippen molar-refractivity contribution in [2.45, 2.75) is 84.0 Å². The van der Waals surface area contributed by atoms with Crippen LogP contribution in [0.4, 0.5) is 0 Å². The summed E-state index contributed by atoms with van der Waals surface area (Å²) in [6, 6.07) is 0. The van der Waals surface area contributed by atoms with Gasteiger partial charge in [-0.1, -0.05) is 63.3 Å². The van der Waals surface area contributed by atoms with E-state index < -0.39 is 5.97 Å². The van der Waals surface area contributed by atoms with Gasteiger partial charge < -0.3 is 15.6 Å². The standard InChI is InChI=1S/C18H32O2.H2O2/c1-2-3-4-5-6-7-8-9-10-11-12-13-14-15-16-17-18(19)20;1-2/h6-7,9-10H,2-5,8,11-17H2,1H3,(H,19,20);1-2H/p-1. The van der Waals surface area contributed by atoms with Gasteiger partial charge in [-0.2, -0.15) is 0 Å². The molecule has 0 radical (unpaired) electrons. The molecule has 0 saturated heterocycles. The van der Waals surface area contributed by atoms with E-state index in [9.17, 15) is 4.79 Å². The van der Waals surface area contributed by atoms with Gasteiger partial charge in [-0.3, -0.25) is 4.79 Å². The van der Waals surface area contributed by atoms with E-state index in [0.717, 1.165) is 25.7 Å². The first kappa shape index (κ1) is 23.1. The minimum absolute atomic E-state index is 0.324. The van der Waals surface area contributed by atoms with Gasteiger partial charge in [0, 0.05) is 6.42 Å². The summed E-state index contributed by atoms with van der Waals surface area (Å²) in [6.07, 6.45) is 22.3. The highest BCUT2D eigenvalue weighted by Crippen LogP contribution is 2.08. The Hall–Kier alpha value is -1.13. The number of rotatable bonds is 14. The van der Waals surface area contributed by atoms with E-state index in [-0.39, 0.29) is 0 Å². The summed E-state index contributed by atoms with van der Waals surface area (Å²) in [5, 5.41) is 21.5. The third kappa shape index (κ3) is 23.9. The van der Waals surface area contributed by atoms with E-state index >= 15 is 0 Å². The molecule has 4 heteroatoms. The molecule has 0 aromatic carbocycles. The molecule has 22 heavy (non-hydrogen) atoms. The van der Waals surface area contributed by atoms with Gasteiger partial charge in [0.25, 0.3) is 0 Å². The van der Waals surface area contributed by atoms with E-state index in [0.29, 0.717) is 6.42 Å². The zero-order valence-corrected chi connectivity index (χ0v) is 14.0. The highest BCUT2D eigenvalue weighted by molar-refractivity contribution is 5.66. The molecule has 0 aromatic heterocycles. The average molecular weight is 313 g/mol. The lowest BCUT2D eigenvalue weighted by atomic mass is 10.1. The van der Waals surface area contributed by atoms with Crippen LogP contribution < -0.4 is 5.26 Å². The van der Waals surface area contributed by atoms with Crippen molar-refractivity contribution in [2.75, 3.05) is 0 Å². The molecule has 0 spiro atoms. The highest BCUT2D eigenvalue weighted by Gasteiger charge is 1.95. The number of carboxylic acid groups (broad SMARTS) is 1. The average Bonchev–Trinajstić information content (AvgIpc) is 2.53. The molecule has 0 aromatic rings. The first-order valence-corrected chi connectivity index (χ1v) is 8.47. The Kier molecular flexibility index (Phi) is 23.3. The van der Waals surface area contributed by atoms with Crippen molar-refractivity contribution in [1.29, 1.82) is 0 Å². The van der Waals surface area contributed by atoms with Gasteiger partial charge in [0.1, 0.15) is 0 Å².